The summed E-state index contributed by atoms with van der Waals surface area (Å²) in [6.45, 7) is 4.23. The largest absolute Gasteiger partial charge is 0.388 e. The quantitative estimate of drug-likeness (QED) is 0.849. The lowest BCUT2D eigenvalue weighted by molar-refractivity contribution is 0.175. The van der Waals surface area contributed by atoms with E-state index in [1.807, 2.05) is 6.07 Å². The van der Waals surface area contributed by atoms with Gasteiger partial charge in [-0.25, -0.2) is 0 Å². The van der Waals surface area contributed by atoms with Crippen molar-refractivity contribution >= 4 is 0 Å². The van der Waals surface area contributed by atoms with Crippen LogP contribution in [0.15, 0.2) is 42.5 Å². The molecule has 0 saturated heterocycles. The Hall–Kier alpha value is -1.60. The molecule has 1 aliphatic carbocycles. The van der Waals surface area contributed by atoms with Crippen molar-refractivity contribution in [2.75, 3.05) is 0 Å². The summed E-state index contributed by atoms with van der Waals surface area (Å²) in [7, 11) is 0. The zero-order valence-electron chi connectivity index (χ0n) is 13.0. The molecule has 0 aromatic heterocycles. The van der Waals surface area contributed by atoms with E-state index in [4.69, 9.17) is 0 Å². The van der Waals surface area contributed by atoms with Crippen LogP contribution in [-0.2, 0) is 6.42 Å². The Morgan fingerprint density at radius 2 is 1.71 bits per heavy atom. The van der Waals surface area contributed by atoms with Gasteiger partial charge in [-0.3, -0.25) is 0 Å². The third-order valence-electron chi connectivity index (χ3n) is 4.61. The topological polar surface area (TPSA) is 20.2 Å². The minimum Gasteiger partial charge on any atom is -0.388 e. The molecule has 2 aromatic rings. The summed E-state index contributed by atoms with van der Waals surface area (Å²) in [5.41, 5.74) is 6.25. The second-order valence-electron chi connectivity index (χ2n) is 6.47. The summed E-state index contributed by atoms with van der Waals surface area (Å²) < 4.78 is 0. The van der Waals surface area contributed by atoms with Crippen LogP contribution in [0.1, 0.15) is 59.1 Å². The molecule has 110 valence electrons. The van der Waals surface area contributed by atoms with Crippen LogP contribution in [0.3, 0.4) is 0 Å². The van der Waals surface area contributed by atoms with Gasteiger partial charge < -0.3 is 5.11 Å². The molecule has 1 unspecified atom stereocenters. The van der Waals surface area contributed by atoms with Gasteiger partial charge in [0.05, 0.1) is 6.10 Å². The number of aliphatic hydroxyl groups excluding tert-OH is 1. The first-order valence-electron chi connectivity index (χ1n) is 7.97. The fraction of sp³-hybridized carbons (Fsp3) is 0.400. The second kappa shape index (κ2) is 6.03. The van der Waals surface area contributed by atoms with E-state index in [-0.39, 0.29) is 0 Å². The molecule has 3 rings (SSSR count). The Morgan fingerprint density at radius 1 is 1.05 bits per heavy atom. The predicted octanol–water partition coefficient (Wildman–Crippen LogP) is 4.85. The molecule has 1 nitrogen and oxygen atoms in total. The molecule has 0 aliphatic heterocycles. The monoisotopic (exact) mass is 280 g/mol. The highest BCUT2D eigenvalue weighted by molar-refractivity contribution is 5.35. The minimum absolute atomic E-state index is 0.400. The maximum absolute atomic E-state index is 10.7. The number of rotatable bonds is 4. The Kier molecular flexibility index (Phi) is 4.12. The number of aryl methyl sites for hydroxylation is 2. The van der Waals surface area contributed by atoms with Crippen molar-refractivity contribution in [3.8, 4) is 0 Å². The third-order valence-corrected chi connectivity index (χ3v) is 4.61. The molecule has 1 saturated carbocycles. The lowest BCUT2D eigenvalue weighted by Crippen LogP contribution is -2.14. The summed E-state index contributed by atoms with van der Waals surface area (Å²) in [6, 6.07) is 15.0. The fourth-order valence-corrected chi connectivity index (χ4v) is 3.43. The first-order valence-corrected chi connectivity index (χ1v) is 7.97. The number of hydrogen-bond acceptors (Lipinski definition) is 1. The van der Waals surface area contributed by atoms with Gasteiger partial charge >= 0.3 is 0 Å². The SMILES string of the molecule is Cc1cc(C)cc(CC(O)c2ccccc2C2CCC2)c1. The van der Waals surface area contributed by atoms with Crippen LogP contribution >= 0.6 is 0 Å². The van der Waals surface area contributed by atoms with E-state index in [1.54, 1.807) is 0 Å². The number of aliphatic hydroxyl groups is 1. The van der Waals surface area contributed by atoms with Crippen molar-refractivity contribution in [3.63, 3.8) is 0 Å². The number of benzene rings is 2. The van der Waals surface area contributed by atoms with E-state index in [0.29, 0.717) is 12.3 Å². The average molecular weight is 280 g/mol. The van der Waals surface area contributed by atoms with Crippen LogP contribution in [0.2, 0.25) is 0 Å². The smallest absolute Gasteiger partial charge is 0.0833 e. The van der Waals surface area contributed by atoms with E-state index in [2.05, 4.69) is 50.2 Å². The van der Waals surface area contributed by atoms with Gasteiger partial charge in [-0.1, -0.05) is 60.0 Å². The molecule has 1 fully saturated rings. The summed E-state index contributed by atoms with van der Waals surface area (Å²) >= 11 is 0. The molecule has 0 spiro atoms. The van der Waals surface area contributed by atoms with Crippen LogP contribution in [-0.4, -0.2) is 5.11 Å². The van der Waals surface area contributed by atoms with Gasteiger partial charge in [-0.15, -0.1) is 0 Å². The zero-order valence-corrected chi connectivity index (χ0v) is 13.0. The van der Waals surface area contributed by atoms with Crippen LogP contribution in [0.5, 0.6) is 0 Å². The molecule has 1 aliphatic rings. The molecule has 1 N–H and O–H groups in total. The maximum atomic E-state index is 10.7. The highest BCUT2D eigenvalue weighted by Gasteiger charge is 2.24. The van der Waals surface area contributed by atoms with E-state index in [0.717, 1.165) is 5.56 Å². The van der Waals surface area contributed by atoms with Crippen molar-refractivity contribution in [2.24, 2.45) is 0 Å². The van der Waals surface area contributed by atoms with Gasteiger partial charge in [0.1, 0.15) is 0 Å². The van der Waals surface area contributed by atoms with E-state index >= 15 is 0 Å². The molecule has 0 radical (unpaired) electrons. The van der Waals surface area contributed by atoms with Crippen LogP contribution in [0, 0.1) is 13.8 Å². The molecular formula is C20H24O. The Labute approximate surface area is 127 Å². The van der Waals surface area contributed by atoms with Crippen LogP contribution in [0.25, 0.3) is 0 Å². The van der Waals surface area contributed by atoms with E-state index < -0.39 is 6.10 Å². The van der Waals surface area contributed by atoms with Crippen molar-refractivity contribution < 1.29 is 5.11 Å². The molecule has 0 heterocycles. The van der Waals surface area contributed by atoms with Gasteiger partial charge in [0.15, 0.2) is 0 Å². The van der Waals surface area contributed by atoms with E-state index in [1.165, 1.54) is 41.5 Å². The van der Waals surface area contributed by atoms with Crippen molar-refractivity contribution in [3.05, 3.63) is 70.3 Å². The summed E-state index contributed by atoms with van der Waals surface area (Å²) in [4.78, 5) is 0. The summed E-state index contributed by atoms with van der Waals surface area (Å²) in [6.07, 6.45) is 4.17. The Bertz CT molecular complexity index is 605. The highest BCUT2D eigenvalue weighted by atomic mass is 16.3. The lowest BCUT2D eigenvalue weighted by atomic mass is 9.77. The zero-order chi connectivity index (χ0) is 14.8. The molecule has 2 aromatic carbocycles. The second-order valence-corrected chi connectivity index (χ2v) is 6.47. The first kappa shape index (κ1) is 14.3. The molecule has 21 heavy (non-hydrogen) atoms. The predicted molar refractivity (Wildman–Crippen MR) is 87.6 cm³/mol. The van der Waals surface area contributed by atoms with Gasteiger partial charge in [-0.2, -0.15) is 0 Å². The van der Waals surface area contributed by atoms with Crippen molar-refractivity contribution in [1.82, 2.24) is 0 Å². The lowest BCUT2D eigenvalue weighted by Gasteiger charge is -2.29. The normalized spacial score (nSPS) is 16.5. The molecular weight excluding hydrogens is 256 g/mol. The average Bonchev–Trinajstić information content (AvgIpc) is 2.36. The first-order chi connectivity index (χ1) is 10.1. The minimum atomic E-state index is -0.400. The number of hydrogen-bond donors (Lipinski definition) is 1. The molecule has 1 heteroatoms. The highest BCUT2D eigenvalue weighted by Crippen LogP contribution is 2.39. The Balaban J connectivity index is 1.83. The van der Waals surface area contributed by atoms with Crippen LogP contribution < -0.4 is 0 Å². The third kappa shape index (κ3) is 3.19. The van der Waals surface area contributed by atoms with Crippen molar-refractivity contribution in [1.29, 1.82) is 0 Å². The Morgan fingerprint density at radius 3 is 2.33 bits per heavy atom. The summed E-state index contributed by atoms with van der Waals surface area (Å²) in [5, 5.41) is 10.7. The molecule has 0 bridgehead atoms. The van der Waals surface area contributed by atoms with E-state index in [9.17, 15) is 5.11 Å². The standard InChI is InChI=1S/C20H24O/c1-14-10-15(2)12-16(11-14)13-20(21)19-9-4-3-8-18(19)17-6-5-7-17/h3-4,8-12,17,20-21H,5-7,13H2,1-2H3. The molecule has 1 atom stereocenters. The summed E-state index contributed by atoms with van der Waals surface area (Å²) in [5.74, 6) is 0.662. The molecule has 0 amide bonds. The van der Waals surface area contributed by atoms with Crippen molar-refractivity contribution in [2.45, 2.75) is 51.6 Å². The van der Waals surface area contributed by atoms with Gasteiger partial charge in [-0.05, 0) is 49.3 Å². The van der Waals surface area contributed by atoms with Crippen LogP contribution in [0.4, 0.5) is 0 Å². The fourth-order valence-electron chi connectivity index (χ4n) is 3.43. The maximum Gasteiger partial charge on any atom is 0.0833 e. The van der Waals surface area contributed by atoms with Gasteiger partial charge in [0.25, 0.3) is 0 Å². The van der Waals surface area contributed by atoms with Gasteiger partial charge in [0.2, 0.25) is 0 Å². The van der Waals surface area contributed by atoms with Gasteiger partial charge in [0, 0.05) is 6.42 Å².